The first-order chi connectivity index (χ1) is 17.4. The zero-order valence-corrected chi connectivity index (χ0v) is 22.3. The van der Waals surface area contributed by atoms with Crippen LogP contribution in [-0.4, -0.2) is 41.5 Å². The number of hydrogen-bond donors (Lipinski definition) is 0. The molecule has 4 saturated carbocycles. The van der Waals surface area contributed by atoms with E-state index in [0.717, 1.165) is 0 Å². The van der Waals surface area contributed by atoms with E-state index in [1.54, 1.807) is 0 Å². The van der Waals surface area contributed by atoms with Crippen LogP contribution in [0, 0.1) is 46.3 Å². The highest BCUT2D eigenvalue weighted by Gasteiger charge is 2.66. The summed E-state index contributed by atoms with van der Waals surface area (Å²) in [6, 6.07) is 0. The molecule has 0 heterocycles. The van der Waals surface area contributed by atoms with Gasteiger partial charge in [0.15, 0.2) is 0 Å². The van der Waals surface area contributed by atoms with E-state index < -0.39 is 36.0 Å². The van der Waals surface area contributed by atoms with Gasteiger partial charge < -0.3 is 4.74 Å². The highest BCUT2D eigenvalue weighted by Crippen LogP contribution is 2.66. The van der Waals surface area contributed by atoms with Gasteiger partial charge in [-0.2, -0.15) is 13.2 Å². The van der Waals surface area contributed by atoms with Gasteiger partial charge in [0.2, 0.25) is 0 Å². The minimum Gasteiger partial charge on any atom is -0.446 e. The number of ether oxygens (including phenoxy) is 1. The van der Waals surface area contributed by atoms with Gasteiger partial charge in [-0.15, -0.1) is 0 Å². The number of Topliss-reactive ketones (excluding diaryl/α,β-unsaturated/α-hetero) is 3. The molecular weight excluding hydrogens is 511 g/mol. The summed E-state index contributed by atoms with van der Waals surface area (Å²) in [5.74, 6) is -6.31. The summed E-state index contributed by atoms with van der Waals surface area (Å²) in [7, 11) is 0. The molecule has 9 atom stereocenters. The Labute approximate surface area is 219 Å². The monoisotopic (exact) mass is 548 g/mol. The van der Waals surface area contributed by atoms with Gasteiger partial charge in [-0.05, 0) is 60.7 Å². The molecule has 0 radical (unpaired) electrons. The summed E-state index contributed by atoms with van der Waals surface area (Å²) >= 11 is 0. The van der Waals surface area contributed by atoms with Crippen molar-refractivity contribution in [2.24, 2.45) is 46.3 Å². The predicted octanol–water partition coefficient (Wildman–Crippen LogP) is 6.12. The van der Waals surface area contributed by atoms with Gasteiger partial charge in [-0.25, -0.2) is 8.78 Å². The molecule has 38 heavy (non-hydrogen) atoms. The van der Waals surface area contributed by atoms with Gasteiger partial charge in [0.1, 0.15) is 17.3 Å². The number of alkyl halides is 5. The lowest BCUT2D eigenvalue weighted by molar-refractivity contribution is -0.273. The average molecular weight is 549 g/mol. The number of carbonyl (C=O) groups is 4. The lowest BCUT2D eigenvalue weighted by Crippen LogP contribution is -2.60. The van der Waals surface area contributed by atoms with Gasteiger partial charge >= 0.3 is 12.1 Å². The zero-order chi connectivity index (χ0) is 28.4. The van der Waals surface area contributed by atoms with Crippen LogP contribution in [0.5, 0.6) is 0 Å². The molecule has 0 aromatic rings. The van der Waals surface area contributed by atoms with Crippen molar-refractivity contribution in [1.29, 1.82) is 0 Å². The van der Waals surface area contributed by atoms with Crippen molar-refractivity contribution in [3.8, 4) is 0 Å². The van der Waals surface area contributed by atoms with E-state index in [4.69, 9.17) is 0 Å². The van der Waals surface area contributed by atoms with Gasteiger partial charge in [0, 0.05) is 50.4 Å². The number of carbonyl (C=O) groups excluding carboxylic acids is 4. The molecule has 0 spiro atoms. The Morgan fingerprint density at radius 3 is 2.29 bits per heavy atom. The van der Waals surface area contributed by atoms with Crippen molar-refractivity contribution in [3.05, 3.63) is 0 Å². The number of rotatable bonds is 6. The topological polar surface area (TPSA) is 77.5 Å². The predicted molar refractivity (Wildman–Crippen MR) is 126 cm³/mol. The quantitative estimate of drug-likeness (QED) is 0.295. The molecule has 9 unspecified atom stereocenters. The smallest absolute Gasteiger partial charge is 0.431 e. The molecular formula is C28H37F5O5. The van der Waals surface area contributed by atoms with Crippen LogP contribution in [0.3, 0.4) is 0 Å². The van der Waals surface area contributed by atoms with Crippen molar-refractivity contribution < 1.29 is 45.9 Å². The minimum atomic E-state index is -5.40. The van der Waals surface area contributed by atoms with Crippen molar-refractivity contribution >= 4 is 23.3 Å². The van der Waals surface area contributed by atoms with E-state index >= 15 is 0 Å². The Balaban J connectivity index is 1.47. The maximum atomic E-state index is 13.8. The van der Waals surface area contributed by atoms with Gasteiger partial charge in [0.25, 0.3) is 12.0 Å². The van der Waals surface area contributed by atoms with Crippen molar-refractivity contribution in [3.63, 3.8) is 0 Å². The summed E-state index contributed by atoms with van der Waals surface area (Å²) in [6.45, 7) is 5.88. The maximum Gasteiger partial charge on any atom is 0.431 e. The second kappa shape index (κ2) is 9.65. The third-order valence-electron chi connectivity index (χ3n) is 10.7. The van der Waals surface area contributed by atoms with Crippen LogP contribution in [0.25, 0.3) is 0 Å². The molecule has 5 nitrogen and oxygen atoms in total. The highest BCUT2D eigenvalue weighted by molar-refractivity contribution is 5.93. The fourth-order valence-electron chi connectivity index (χ4n) is 8.58. The largest absolute Gasteiger partial charge is 0.446 e. The van der Waals surface area contributed by atoms with E-state index in [2.05, 4.69) is 11.7 Å². The molecule has 0 N–H and O–H groups in total. The lowest BCUT2D eigenvalue weighted by Gasteiger charge is -2.58. The van der Waals surface area contributed by atoms with Crippen LogP contribution < -0.4 is 0 Å². The lowest BCUT2D eigenvalue weighted by atomic mass is 9.44. The molecule has 4 aliphatic rings. The van der Waals surface area contributed by atoms with E-state index in [1.807, 2.05) is 13.8 Å². The number of fused-ring (bicyclic) bond motifs is 5. The SMILES string of the molecule is CC(CCC(=O)OC(C(C)(F)F)C(F)(F)F)C1CCC2C3C(=O)CC4CC(=O)CCC4(C)C3CC(=O)C12C. The standard InChI is InChI=1S/C28H37F5O5/c1-14(5-8-22(37)38-24(27(4,29)30)28(31,32)33)17-6-7-18-23-19(13-21(36)26(17,18)3)25(2)10-9-16(34)11-15(25)12-20(23)35/h14-15,17-19,23-24H,5-13H2,1-4H3. The number of esters is 1. The number of halogens is 5. The molecule has 4 rings (SSSR count). The van der Waals surface area contributed by atoms with Crippen LogP contribution in [0.2, 0.25) is 0 Å². The van der Waals surface area contributed by atoms with Gasteiger partial charge in [-0.1, -0.05) is 20.8 Å². The van der Waals surface area contributed by atoms with Gasteiger partial charge in [0.05, 0.1) is 0 Å². The van der Waals surface area contributed by atoms with Crippen LogP contribution in [0.4, 0.5) is 22.0 Å². The average Bonchev–Trinajstić information content (AvgIpc) is 3.14. The molecule has 0 aromatic heterocycles. The summed E-state index contributed by atoms with van der Waals surface area (Å²) in [4.78, 5) is 51.5. The van der Waals surface area contributed by atoms with E-state index in [9.17, 15) is 41.1 Å². The molecule has 0 aliphatic heterocycles. The third kappa shape index (κ3) is 4.82. The second-order valence-corrected chi connectivity index (χ2v) is 12.8. The Hall–Kier alpha value is -1.87. The van der Waals surface area contributed by atoms with Gasteiger partial charge in [-0.3, -0.25) is 19.2 Å². The molecule has 0 saturated heterocycles. The highest BCUT2D eigenvalue weighted by atomic mass is 19.4. The Morgan fingerprint density at radius 2 is 1.68 bits per heavy atom. The van der Waals surface area contributed by atoms with Crippen LogP contribution >= 0.6 is 0 Å². The first-order valence-electron chi connectivity index (χ1n) is 13.6. The van der Waals surface area contributed by atoms with Crippen molar-refractivity contribution in [2.45, 2.75) is 104 Å². The van der Waals surface area contributed by atoms with E-state index in [0.29, 0.717) is 38.5 Å². The molecule has 0 bridgehead atoms. The van der Waals surface area contributed by atoms with Crippen LogP contribution in [0.15, 0.2) is 0 Å². The maximum absolute atomic E-state index is 13.8. The molecule has 0 amide bonds. The molecule has 4 aliphatic carbocycles. The third-order valence-corrected chi connectivity index (χ3v) is 10.7. The Morgan fingerprint density at radius 1 is 1.03 bits per heavy atom. The minimum absolute atomic E-state index is 0.0344. The molecule has 4 fully saturated rings. The molecule has 10 heteroatoms. The first-order valence-corrected chi connectivity index (χ1v) is 13.6. The van der Waals surface area contributed by atoms with E-state index in [-0.39, 0.29) is 78.0 Å². The summed E-state index contributed by atoms with van der Waals surface area (Å²) in [6.07, 6.45) is -5.87. The Kier molecular flexibility index (Phi) is 7.39. The molecule has 214 valence electrons. The zero-order valence-electron chi connectivity index (χ0n) is 22.3. The van der Waals surface area contributed by atoms with E-state index in [1.165, 1.54) is 0 Å². The second-order valence-electron chi connectivity index (χ2n) is 12.8. The van der Waals surface area contributed by atoms with Crippen molar-refractivity contribution in [2.75, 3.05) is 0 Å². The van der Waals surface area contributed by atoms with Crippen LogP contribution in [-0.2, 0) is 23.9 Å². The summed E-state index contributed by atoms with van der Waals surface area (Å²) in [5.41, 5.74) is -1.05. The Bertz CT molecular complexity index is 989. The summed E-state index contributed by atoms with van der Waals surface area (Å²) in [5, 5.41) is 0. The summed E-state index contributed by atoms with van der Waals surface area (Å²) < 4.78 is 69.9. The fraction of sp³-hybridized carbons (Fsp3) is 0.857. The first kappa shape index (κ1) is 29.1. The van der Waals surface area contributed by atoms with Crippen LogP contribution in [0.1, 0.15) is 85.5 Å². The normalized spacial score (nSPS) is 39.2. The number of ketones is 3. The number of hydrogen-bond acceptors (Lipinski definition) is 5. The van der Waals surface area contributed by atoms with Crippen molar-refractivity contribution in [1.82, 2.24) is 0 Å². The fourth-order valence-corrected chi connectivity index (χ4v) is 8.58. The molecule has 0 aromatic carbocycles.